The van der Waals surface area contributed by atoms with Gasteiger partial charge in [-0.05, 0) is 73.2 Å². The molecule has 0 aromatic heterocycles. The molecule has 1 aliphatic carbocycles. The summed E-state index contributed by atoms with van der Waals surface area (Å²) in [6.07, 6.45) is 1.40. The maximum Gasteiger partial charge on any atom is 0.271 e. The van der Waals surface area contributed by atoms with Crippen LogP contribution in [0.1, 0.15) is 47.4 Å². The van der Waals surface area contributed by atoms with Crippen molar-refractivity contribution in [1.29, 1.82) is 5.26 Å². The number of rotatable bonds is 6. The number of nitrogens with zero attached hydrogens (tertiary/aromatic N) is 3. The number of nitro benzene ring substituents is 1. The van der Waals surface area contributed by atoms with Crippen molar-refractivity contribution in [2.75, 3.05) is 4.90 Å². The second-order valence-electron chi connectivity index (χ2n) is 10.2. The minimum Gasteiger partial charge on any atom is -0.384 e. The molecule has 0 fully saturated rings. The van der Waals surface area contributed by atoms with Crippen molar-refractivity contribution in [3.05, 3.63) is 119 Å². The Balaban J connectivity index is 1.65. The molecule has 3 aromatic carbocycles. The van der Waals surface area contributed by atoms with Crippen LogP contribution < -0.4 is 10.6 Å². The van der Waals surface area contributed by atoms with Gasteiger partial charge < -0.3 is 5.73 Å². The summed E-state index contributed by atoms with van der Waals surface area (Å²) in [6.45, 7) is 3.97. The van der Waals surface area contributed by atoms with Crippen LogP contribution in [0.4, 0.5) is 11.4 Å². The van der Waals surface area contributed by atoms with E-state index in [9.17, 15) is 20.2 Å². The fourth-order valence-corrected chi connectivity index (χ4v) is 7.34. The molecule has 0 amide bonds. The first-order valence-electron chi connectivity index (χ1n) is 13.1. The Bertz CT molecular complexity index is 1760. The van der Waals surface area contributed by atoms with Crippen LogP contribution in [0, 0.1) is 35.3 Å². The summed E-state index contributed by atoms with van der Waals surface area (Å²) in [5.74, 6) is -0.0948. The highest BCUT2D eigenvalue weighted by molar-refractivity contribution is 7.98. The predicted molar refractivity (Wildman–Crippen MR) is 168 cm³/mol. The summed E-state index contributed by atoms with van der Waals surface area (Å²) in [6, 6.07) is 15.7. The third-order valence-corrected chi connectivity index (χ3v) is 9.71. The molecule has 7 nitrogen and oxygen atoms in total. The standard InChI is InChI=1S/C31H25Cl3N4O3S/c1-16-10-17(2)21(11-18(16)15-42-28-12-19(32)6-8-24(28)34)29-22(14-35)31(36)37(25-4-3-5-27(39)30(25)29)26-13-20(38(40)41)7-9-23(26)33/h6-13,29H,3-5,15,36H2,1-2H3. The smallest absolute Gasteiger partial charge is 0.271 e. The summed E-state index contributed by atoms with van der Waals surface area (Å²) in [4.78, 5) is 27.1. The molecule has 11 heteroatoms. The number of anilines is 1. The average molecular weight is 640 g/mol. The second kappa shape index (κ2) is 12.0. The van der Waals surface area contributed by atoms with E-state index in [1.54, 1.807) is 28.8 Å². The van der Waals surface area contributed by atoms with E-state index in [4.69, 9.17) is 40.5 Å². The van der Waals surface area contributed by atoms with Crippen molar-refractivity contribution in [3.63, 3.8) is 0 Å². The minimum absolute atomic E-state index is 0.0883. The van der Waals surface area contributed by atoms with Crippen LogP contribution in [0.2, 0.25) is 15.1 Å². The summed E-state index contributed by atoms with van der Waals surface area (Å²) >= 11 is 20.7. The molecule has 42 heavy (non-hydrogen) atoms. The Morgan fingerprint density at radius 2 is 1.81 bits per heavy atom. The van der Waals surface area contributed by atoms with Crippen molar-refractivity contribution < 1.29 is 9.72 Å². The van der Waals surface area contributed by atoms with Crippen molar-refractivity contribution in [1.82, 2.24) is 0 Å². The van der Waals surface area contributed by atoms with Gasteiger partial charge in [-0.2, -0.15) is 5.26 Å². The zero-order valence-electron chi connectivity index (χ0n) is 22.7. The van der Waals surface area contributed by atoms with Crippen molar-refractivity contribution in [2.24, 2.45) is 5.73 Å². The summed E-state index contributed by atoms with van der Waals surface area (Å²) in [7, 11) is 0. The third-order valence-electron chi connectivity index (χ3n) is 7.61. The number of nitrogens with two attached hydrogens (primary N) is 1. The number of non-ortho nitro benzene ring substituents is 1. The number of carbonyl (C=O) groups is 1. The maximum atomic E-state index is 13.6. The zero-order chi connectivity index (χ0) is 30.3. The number of allylic oxidation sites excluding steroid dienone is 3. The molecule has 1 unspecified atom stereocenters. The lowest BCUT2D eigenvalue weighted by Crippen LogP contribution is -2.39. The monoisotopic (exact) mass is 638 g/mol. The van der Waals surface area contributed by atoms with Crippen molar-refractivity contribution in [2.45, 2.75) is 49.7 Å². The molecule has 3 aromatic rings. The number of ketones is 1. The highest BCUT2D eigenvalue weighted by Crippen LogP contribution is 2.49. The number of Topliss-reactive ketones (excluding diaryl/α,β-unsaturated/α-hetero) is 1. The van der Waals surface area contributed by atoms with Gasteiger partial charge in [-0.25, -0.2) is 0 Å². The van der Waals surface area contributed by atoms with E-state index in [1.807, 2.05) is 32.0 Å². The lowest BCUT2D eigenvalue weighted by Gasteiger charge is -2.40. The first-order valence-corrected chi connectivity index (χ1v) is 15.2. The van der Waals surface area contributed by atoms with E-state index in [0.29, 0.717) is 46.3 Å². The van der Waals surface area contributed by atoms with Crippen LogP contribution in [0.25, 0.3) is 0 Å². The number of aryl methyl sites for hydroxylation is 2. The van der Waals surface area contributed by atoms with E-state index in [1.165, 1.54) is 18.2 Å². The molecule has 0 saturated carbocycles. The molecule has 0 spiro atoms. The van der Waals surface area contributed by atoms with Gasteiger partial charge in [-0.15, -0.1) is 11.8 Å². The van der Waals surface area contributed by atoms with Gasteiger partial charge in [0.05, 0.1) is 38.2 Å². The Morgan fingerprint density at radius 1 is 1.07 bits per heavy atom. The Morgan fingerprint density at radius 3 is 2.52 bits per heavy atom. The fraction of sp³-hybridized carbons (Fsp3) is 0.226. The number of halogens is 3. The van der Waals surface area contributed by atoms with Crippen molar-refractivity contribution >= 4 is 63.7 Å². The molecule has 1 heterocycles. The van der Waals surface area contributed by atoms with Crippen LogP contribution in [0.15, 0.2) is 76.1 Å². The normalized spacial score (nSPS) is 16.9. The largest absolute Gasteiger partial charge is 0.384 e. The van der Waals surface area contributed by atoms with Crippen LogP contribution in [-0.4, -0.2) is 10.7 Å². The van der Waals surface area contributed by atoms with Gasteiger partial charge in [-0.1, -0.05) is 46.9 Å². The molecular weight excluding hydrogens is 615 g/mol. The number of thioether (sulfide) groups is 1. The Kier molecular flexibility index (Phi) is 8.58. The lowest BCUT2D eigenvalue weighted by atomic mass is 9.74. The minimum atomic E-state index is -0.689. The van der Waals surface area contributed by atoms with E-state index < -0.39 is 10.8 Å². The molecule has 1 aliphatic heterocycles. The first-order chi connectivity index (χ1) is 20.0. The topological polar surface area (TPSA) is 113 Å². The summed E-state index contributed by atoms with van der Waals surface area (Å²) in [5, 5.41) is 23.4. The van der Waals surface area contributed by atoms with Gasteiger partial charge in [0.25, 0.3) is 5.69 Å². The molecule has 0 saturated heterocycles. The van der Waals surface area contributed by atoms with Crippen LogP contribution in [-0.2, 0) is 10.5 Å². The molecule has 214 valence electrons. The average Bonchev–Trinajstić information content (AvgIpc) is 2.94. The second-order valence-corrected chi connectivity index (χ2v) is 12.5. The number of hydrogen-bond donors (Lipinski definition) is 1. The number of benzene rings is 3. The lowest BCUT2D eigenvalue weighted by molar-refractivity contribution is -0.384. The molecule has 2 aliphatic rings. The Hall–Kier alpha value is -3.48. The van der Waals surface area contributed by atoms with Crippen LogP contribution in [0.3, 0.4) is 0 Å². The highest BCUT2D eigenvalue weighted by atomic mass is 35.5. The van der Waals surface area contributed by atoms with E-state index in [-0.39, 0.29) is 33.6 Å². The van der Waals surface area contributed by atoms with Gasteiger partial charge >= 0.3 is 0 Å². The van der Waals surface area contributed by atoms with Crippen LogP contribution >= 0.6 is 46.6 Å². The van der Waals surface area contributed by atoms with Crippen LogP contribution in [0.5, 0.6) is 0 Å². The van der Waals surface area contributed by atoms with E-state index in [0.717, 1.165) is 27.1 Å². The fourth-order valence-electron chi connectivity index (χ4n) is 5.58. The highest BCUT2D eigenvalue weighted by Gasteiger charge is 2.41. The van der Waals surface area contributed by atoms with Crippen molar-refractivity contribution in [3.8, 4) is 6.07 Å². The molecule has 0 bridgehead atoms. The molecule has 0 radical (unpaired) electrons. The Labute approximate surface area is 262 Å². The molecule has 1 atom stereocenters. The van der Waals surface area contributed by atoms with Gasteiger partial charge in [0.1, 0.15) is 5.82 Å². The molecular formula is C31H25Cl3N4O3S. The third kappa shape index (κ3) is 5.50. The van der Waals surface area contributed by atoms with Gasteiger partial charge in [-0.3, -0.25) is 19.8 Å². The van der Waals surface area contributed by atoms with Gasteiger partial charge in [0.15, 0.2) is 5.78 Å². The quantitative estimate of drug-likeness (QED) is 0.163. The first kappa shape index (κ1) is 30.0. The number of nitro groups is 1. The van der Waals surface area contributed by atoms with E-state index >= 15 is 0 Å². The summed E-state index contributed by atoms with van der Waals surface area (Å²) in [5.41, 5.74) is 11.8. The van der Waals surface area contributed by atoms with E-state index in [2.05, 4.69) is 6.07 Å². The molecule has 2 N–H and O–H groups in total. The summed E-state index contributed by atoms with van der Waals surface area (Å²) < 4.78 is 0. The number of hydrogen-bond acceptors (Lipinski definition) is 7. The maximum absolute atomic E-state index is 13.6. The zero-order valence-corrected chi connectivity index (χ0v) is 25.8. The number of carbonyl (C=O) groups excluding carboxylic acids is 1. The number of nitriles is 1. The van der Waals surface area contributed by atoms with Gasteiger partial charge in [0, 0.05) is 45.5 Å². The predicted octanol–water partition coefficient (Wildman–Crippen LogP) is 8.77. The van der Waals surface area contributed by atoms with Gasteiger partial charge in [0.2, 0.25) is 0 Å². The SMILES string of the molecule is Cc1cc(C)c(C2C(C#N)=C(N)N(c3cc([N+](=O)[O-])ccc3Cl)C3=C2C(=O)CCC3)cc1CSc1cc(Cl)ccc1Cl. The molecule has 5 rings (SSSR count).